The van der Waals surface area contributed by atoms with Crippen LogP contribution in [0.25, 0.3) is 11.2 Å². The summed E-state index contributed by atoms with van der Waals surface area (Å²) in [5.74, 6) is -0.174. The predicted molar refractivity (Wildman–Crippen MR) is 99.3 cm³/mol. The van der Waals surface area contributed by atoms with E-state index >= 15 is 0 Å². The highest BCUT2D eigenvalue weighted by molar-refractivity contribution is 8.00. The maximum absolute atomic E-state index is 12.3. The average Bonchev–Trinajstić information content (AvgIpc) is 2.96. The van der Waals surface area contributed by atoms with E-state index in [0.717, 1.165) is 5.52 Å². The number of Topliss-reactive ketones (excluding diaryl/α,β-unsaturated/α-hetero) is 1. The molecule has 0 fully saturated rings. The van der Waals surface area contributed by atoms with Gasteiger partial charge in [-0.2, -0.15) is 0 Å². The minimum atomic E-state index is -0.372. The Kier molecular flexibility index (Phi) is 5.06. The zero-order valence-corrected chi connectivity index (χ0v) is 15.1. The van der Waals surface area contributed by atoms with Gasteiger partial charge in [-0.3, -0.25) is 9.59 Å². The van der Waals surface area contributed by atoms with Crippen molar-refractivity contribution in [3.63, 3.8) is 0 Å². The number of hydrogen-bond donors (Lipinski definition) is 2. The lowest BCUT2D eigenvalue weighted by molar-refractivity contribution is -0.115. The lowest BCUT2D eigenvalue weighted by Gasteiger charge is -2.10. The number of aromatic amines is 1. The standard InChI is InChI=1S/C17H15ClN4O2S/c1-9(23)11-3-5-13(6-4-11)20-16(24)10(2)25-17-21-14-7-12(18)8-19-15(14)22-17/h3-8,10H,1-2H3,(H,20,24)(H,19,21,22)/t10-/m0/s1. The van der Waals surface area contributed by atoms with Crippen molar-refractivity contribution < 1.29 is 9.59 Å². The summed E-state index contributed by atoms with van der Waals surface area (Å²) in [5.41, 5.74) is 2.52. The van der Waals surface area contributed by atoms with E-state index in [9.17, 15) is 9.59 Å². The summed E-state index contributed by atoms with van der Waals surface area (Å²) in [6, 6.07) is 8.52. The summed E-state index contributed by atoms with van der Waals surface area (Å²) in [6.45, 7) is 3.29. The SMILES string of the molecule is CC(=O)c1ccc(NC(=O)[C@H](C)Sc2nc3ncc(Cl)cc3[nH]2)cc1. The van der Waals surface area contributed by atoms with Gasteiger partial charge in [0.15, 0.2) is 16.6 Å². The molecule has 8 heteroatoms. The fraction of sp³-hybridized carbons (Fsp3) is 0.176. The number of hydrogen-bond acceptors (Lipinski definition) is 5. The molecule has 0 bridgehead atoms. The molecule has 0 aliphatic heterocycles. The van der Waals surface area contributed by atoms with E-state index in [2.05, 4.69) is 20.3 Å². The lowest BCUT2D eigenvalue weighted by Crippen LogP contribution is -2.22. The second-order valence-corrected chi connectivity index (χ2v) is 7.22. The molecule has 1 amide bonds. The van der Waals surface area contributed by atoms with Crippen molar-refractivity contribution in [2.24, 2.45) is 0 Å². The molecule has 0 saturated heterocycles. The molecular formula is C17H15ClN4O2S. The van der Waals surface area contributed by atoms with Crippen LogP contribution in [-0.2, 0) is 4.79 Å². The van der Waals surface area contributed by atoms with E-state index in [1.54, 1.807) is 37.3 Å². The number of aromatic nitrogens is 3. The molecule has 0 unspecified atom stereocenters. The minimum absolute atomic E-state index is 0.0135. The molecule has 2 heterocycles. The molecular weight excluding hydrogens is 360 g/mol. The molecule has 128 valence electrons. The lowest BCUT2D eigenvalue weighted by atomic mass is 10.1. The summed E-state index contributed by atoms with van der Waals surface area (Å²) < 4.78 is 0. The highest BCUT2D eigenvalue weighted by Crippen LogP contribution is 2.24. The number of H-pyrrole nitrogens is 1. The largest absolute Gasteiger partial charge is 0.331 e. The van der Waals surface area contributed by atoms with Gasteiger partial charge < -0.3 is 10.3 Å². The van der Waals surface area contributed by atoms with Gasteiger partial charge >= 0.3 is 0 Å². The monoisotopic (exact) mass is 374 g/mol. The Hall–Kier alpha value is -2.38. The van der Waals surface area contributed by atoms with Crippen molar-refractivity contribution in [2.75, 3.05) is 5.32 Å². The van der Waals surface area contributed by atoms with Gasteiger partial charge in [-0.1, -0.05) is 23.4 Å². The van der Waals surface area contributed by atoms with Gasteiger partial charge in [-0.25, -0.2) is 9.97 Å². The number of carbonyl (C=O) groups is 2. The second-order valence-electron chi connectivity index (χ2n) is 5.45. The van der Waals surface area contributed by atoms with Crippen molar-refractivity contribution >= 4 is 51.9 Å². The van der Waals surface area contributed by atoms with Crippen LogP contribution in [0.1, 0.15) is 24.2 Å². The van der Waals surface area contributed by atoms with E-state index < -0.39 is 0 Å². The first-order valence-corrected chi connectivity index (χ1v) is 8.78. The number of carbonyl (C=O) groups excluding carboxylic acids is 2. The van der Waals surface area contributed by atoms with Gasteiger partial charge in [-0.05, 0) is 44.2 Å². The molecule has 25 heavy (non-hydrogen) atoms. The van der Waals surface area contributed by atoms with Crippen molar-refractivity contribution in [3.05, 3.63) is 47.1 Å². The number of halogens is 1. The van der Waals surface area contributed by atoms with E-state index in [-0.39, 0.29) is 16.9 Å². The molecule has 0 aliphatic rings. The van der Waals surface area contributed by atoms with E-state index in [1.165, 1.54) is 24.9 Å². The summed E-state index contributed by atoms with van der Waals surface area (Å²) in [7, 11) is 0. The summed E-state index contributed by atoms with van der Waals surface area (Å²) in [5, 5.41) is 3.57. The van der Waals surface area contributed by atoms with Gasteiger partial charge in [0, 0.05) is 17.4 Å². The number of amides is 1. The number of imidazole rings is 1. The number of anilines is 1. The molecule has 2 aromatic heterocycles. The molecule has 1 aromatic carbocycles. The third-order valence-electron chi connectivity index (χ3n) is 3.50. The topological polar surface area (TPSA) is 87.7 Å². The Labute approximate surface area is 153 Å². The van der Waals surface area contributed by atoms with Crippen LogP contribution in [-0.4, -0.2) is 31.9 Å². The normalized spacial score (nSPS) is 12.1. The first-order valence-electron chi connectivity index (χ1n) is 7.52. The number of fused-ring (bicyclic) bond motifs is 1. The van der Waals surface area contributed by atoms with E-state index in [4.69, 9.17) is 11.6 Å². The fourth-order valence-electron chi connectivity index (χ4n) is 2.16. The molecule has 0 saturated carbocycles. The van der Waals surface area contributed by atoms with Gasteiger partial charge in [0.1, 0.15) is 0 Å². The number of ketones is 1. The Bertz CT molecular complexity index is 939. The Morgan fingerprint density at radius 3 is 2.68 bits per heavy atom. The fourth-order valence-corrected chi connectivity index (χ4v) is 3.13. The summed E-state index contributed by atoms with van der Waals surface area (Å²) >= 11 is 7.20. The van der Waals surface area contributed by atoms with Crippen LogP contribution in [0.4, 0.5) is 5.69 Å². The van der Waals surface area contributed by atoms with Crippen LogP contribution in [0.15, 0.2) is 41.7 Å². The van der Waals surface area contributed by atoms with Gasteiger partial charge in [0.05, 0.1) is 15.8 Å². The first kappa shape index (κ1) is 17.4. The zero-order valence-electron chi connectivity index (χ0n) is 13.5. The number of rotatable bonds is 5. The Morgan fingerprint density at radius 1 is 1.28 bits per heavy atom. The molecule has 0 aliphatic carbocycles. The van der Waals surface area contributed by atoms with Crippen molar-refractivity contribution in [3.8, 4) is 0 Å². The van der Waals surface area contributed by atoms with Gasteiger partial charge in [-0.15, -0.1) is 0 Å². The smallest absolute Gasteiger partial charge is 0.237 e. The summed E-state index contributed by atoms with van der Waals surface area (Å²) in [6.07, 6.45) is 1.53. The van der Waals surface area contributed by atoms with Crippen LogP contribution in [0.3, 0.4) is 0 Å². The highest BCUT2D eigenvalue weighted by atomic mass is 35.5. The van der Waals surface area contributed by atoms with E-state index in [1.807, 2.05) is 0 Å². The van der Waals surface area contributed by atoms with Gasteiger partial charge in [0.2, 0.25) is 5.91 Å². The summed E-state index contributed by atoms with van der Waals surface area (Å²) in [4.78, 5) is 35.2. The van der Waals surface area contributed by atoms with Crippen LogP contribution >= 0.6 is 23.4 Å². The number of thioether (sulfide) groups is 1. The van der Waals surface area contributed by atoms with Crippen molar-refractivity contribution in [2.45, 2.75) is 24.3 Å². The maximum Gasteiger partial charge on any atom is 0.237 e. The third-order valence-corrected chi connectivity index (χ3v) is 4.69. The van der Waals surface area contributed by atoms with Crippen LogP contribution in [0, 0.1) is 0 Å². The van der Waals surface area contributed by atoms with Gasteiger partial charge in [0.25, 0.3) is 0 Å². The minimum Gasteiger partial charge on any atom is -0.331 e. The number of pyridine rings is 1. The third kappa shape index (κ3) is 4.18. The number of nitrogens with one attached hydrogen (secondary N) is 2. The molecule has 2 N–H and O–H groups in total. The van der Waals surface area contributed by atoms with E-state index in [0.29, 0.717) is 27.1 Å². The van der Waals surface area contributed by atoms with Crippen molar-refractivity contribution in [1.82, 2.24) is 15.0 Å². The highest BCUT2D eigenvalue weighted by Gasteiger charge is 2.17. The quantitative estimate of drug-likeness (QED) is 0.521. The average molecular weight is 375 g/mol. The van der Waals surface area contributed by atoms with Crippen LogP contribution < -0.4 is 5.32 Å². The second kappa shape index (κ2) is 7.25. The Morgan fingerprint density at radius 2 is 2.00 bits per heavy atom. The molecule has 0 spiro atoms. The predicted octanol–water partition coefficient (Wildman–Crippen LogP) is 3.93. The molecule has 3 rings (SSSR count). The number of nitrogens with zero attached hydrogens (tertiary/aromatic N) is 2. The first-order chi connectivity index (χ1) is 11.9. The van der Waals surface area contributed by atoms with Crippen molar-refractivity contribution in [1.29, 1.82) is 0 Å². The molecule has 1 atom stereocenters. The number of benzene rings is 1. The van der Waals surface area contributed by atoms with Crippen LogP contribution in [0.2, 0.25) is 5.02 Å². The molecule has 0 radical (unpaired) electrons. The zero-order chi connectivity index (χ0) is 18.0. The molecule has 3 aromatic rings. The molecule has 6 nitrogen and oxygen atoms in total. The maximum atomic E-state index is 12.3. The van der Waals surface area contributed by atoms with Crippen LogP contribution in [0.5, 0.6) is 0 Å². The Balaban J connectivity index is 1.66.